The monoisotopic (exact) mass is 460 g/mol. The number of hydrogen-bond acceptors (Lipinski definition) is 4. The fraction of sp³-hybridized carbons (Fsp3) is 0.467. The van der Waals surface area contributed by atoms with Crippen molar-refractivity contribution < 1.29 is 9.47 Å². The summed E-state index contributed by atoms with van der Waals surface area (Å²) >= 11 is 0. The molecule has 0 saturated carbocycles. The summed E-state index contributed by atoms with van der Waals surface area (Å²) in [5.41, 5.74) is 6.28. The van der Waals surface area contributed by atoms with Crippen LogP contribution in [0.3, 0.4) is 0 Å². The van der Waals surface area contributed by atoms with Gasteiger partial charge in [-0.3, -0.25) is 0 Å². The Balaban J connectivity index is 2.20. The molecule has 3 aromatic rings. The molecule has 0 aliphatic rings. The van der Waals surface area contributed by atoms with E-state index in [2.05, 4.69) is 76.2 Å². The molecule has 0 fully saturated rings. The van der Waals surface area contributed by atoms with Crippen molar-refractivity contribution in [3.05, 3.63) is 59.7 Å². The predicted octanol–water partition coefficient (Wildman–Crippen LogP) is 8.07. The molecule has 4 heteroatoms. The van der Waals surface area contributed by atoms with Gasteiger partial charge in [0.25, 0.3) is 0 Å². The van der Waals surface area contributed by atoms with Crippen molar-refractivity contribution in [3.63, 3.8) is 0 Å². The zero-order valence-electron chi connectivity index (χ0n) is 21.4. The lowest BCUT2D eigenvalue weighted by atomic mass is 9.98. The van der Waals surface area contributed by atoms with E-state index in [0.717, 1.165) is 73.9 Å². The summed E-state index contributed by atoms with van der Waals surface area (Å²) < 4.78 is 12.4. The third-order valence-corrected chi connectivity index (χ3v) is 5.86. The number of benzene rings is 2. The van der Waals surface area contributed by atoms with Gasteiger partial charge in [0, 0.05) is 11.1 Å². The van der Waals surface area contributed by atoms with Crippen LogP contribution < -0.4 is 9.47 Å². The maximum absolute atomic E-state index is 6.21. The molecule has 1 heterocycles. The van der Waals surface area contributed by atoms with Crippen LogP contribution in [0, 0.1) is 0 Å². The third-order valence-electron chi connectivity index (χ3n) is 5.86. The van der Waals surface area contributed by atoms with Crippen LogP contribution in [0.1, 0.15) is 77.3 Å². The molecule has 2 aromatic carbocycles. The first-order valence-corrected chi connectivity index (χ1v) is 13.1. The van der Waals surface area contributed by atoms with E-state index in [1.54, 1.807) is 0 Å². The Morgan fingerprint density at radius 3 is 1.35 bits per heavy atom. The van der Waals surface area contributed by atoms with Crippen LogP contribution in [0.2, 0.25) is 0 Å². The van der Waals surface area contributed by atoms with E-state index >= 15 is 0 Å². The molecule has 0 spiro atoms. The standard InChI is InChI=1S/C30H40N2O2/c1-5-9-15-23-17-11-13-19-25(23)27-29(33-21-7-3)32-28(30(31-27)34-22-8-4)26-20-14-12-18-24(26)16-10-6-2/h11-14,17-20H,5-10,15-16,21-22H2,1-4H3. The van der Waals surface area contributed by atoms with Gasteiger partial charge in [0.05, 0.1) is 13.2 Å². The summed E-state index contributed by atoms with van der Waals surface area (Å²) in [5.74, 6) is 1.19. The lowest BCUT2D eigenvalue weighted by molar-refractivity contribution is 0.291. The van der Waals surface area contributed by atoms with Crippen LogP contribution in [-0.2, 0) is 12.8 Å². The fourth-order valence-corrected chi connectivity index (χ4v) is 4.03. The van der Waals surface area contributed by atoms with Crippen molar-refractivity contribution in [2.45, 2.75) is 79.1 Å². The van der Waals surface area contributed by atoms with E-state index in [1.165, 1.54) is 11.1 Å². The van der Waals surface area contributed by atoms with E-state index in [-0.39, 0.29) is 0 Å². The van der Waals surface area contributed by atoms with Gasteiger partial charge < -0.3 is 9.47 Å². The molecule has 3 rings (SSSR count). The van der Waals surface area contributed by atoms with Crippen LogP contribution in [-0.4, -0.2) is 23.2 Å². The molecular weight excluding hydrogens is 420 g/mol. The fourth-order valence-electron chi connectivity index (χ4n) is 4.03. The highest BCUT2D eigenvalue weighted by atomic mass is 16.5. The summed E-state index contributed by atoms with van der Waals surface area (Å²) in [6, 6.07) is 17.0. The maximum Gasteiger partial charge on any atom is 0.241 e. The van der Waals surface area contributed by atoms with E-state index in [9.17, 15) is 0 Å². The van der Waals surface area contributed by atoms with Gasteiger partial charge in [-0.05, 0) is 49.7 Å². The van der Waals surface area contributed by atoms with Crippen molar-refractivity contribution in [1.82, 2.24) is 9.97 Å². The van der Waals surface area contributed by atoms with Gasteiger partial charge in [-0.25, -0.2) is 9.97 Å². The van der Waals surface area contributed by atoms with Gasteiger partial charge in [-0.1, -0.05) is 89.1 Å². The Kier molecular flexibility index (Phi) is 10.4. The zero-order chi connectivity index (χ0) is 24.2. The molecule has 34 heavy (non-hydrogen) atoms. The minimum Gasteiger partial charge on any atom is -0.476 e. The molecule has 0 saturated heterocycles. The van der Waals surface area contributed by atoms with Crippen molar-refractivity contribution in [2.24, 2.45) is 0 Å². The highest BCUT2D eigenvalue weighted by Crippen LogP contribution is 2.38. The molecular formula is C30H40N2O2. The van der Waals surface area contributed by atoms with E-state index < -0.39 is 0 Å². The third kappa shape index (κ3) is 6.59. The number of rotatable bonds is 14. The molecule has 0 amide bonds. The molecule has 4 nitrogen and oxygen atoms in total. The quantitative estimate of drug-likeness (QED) is 0.244. The normalized spacial score (nSPS) is 10.9. The molecule has 0 N–H and O–H groups in total. The van der Waals surface area contributed by atoms with E-state index in [1.807, 2.05) is 0 Å². The highest BCUT2D eigenvalue weighted by Gasteiger charge is 2.22. The van der Waals surface area contributed by atoms with Gasteiger partial charge in [0.15, 0.2) is 0 Å². The molecule has 182 valence electrons. The Morgan fingerprint density at radius 1 is 0.559 bits per heavy atom. The van der Waals surface area contributed by atoms with Gasteiger partial charge in [0.1, 0.15) is 11.4 Å². The summed E-state index contributed by atoms with van der Waals surface area (Å²) in [7, 11) is 0. The summed E-state index contributed by atoms with van der Waals surface area (Å²) in [6.45, 7) is 9.87. The predicted molar refractivity (Wildman–Crippen MR) is 142 cm³/mol. The molecule has 0 radical (unpaired) electrons. The summed E-state index contributed by atoms with van der Waals surface area (Å²) in [6.07, 6.45) is 8.41. The van der Waals surface area contributed by atoms with Crippen molar-refractivity contribution in [1.29, 1.82) is 0 Å². The van der Waals surface area contributed by atoms with Crippen LogP contribution in [0.25, 0.3) is 22.5 Å². The van der Waals surface area contributed by atoms with Crippen LogP contribution >= 0.6 is 0 Å². The van der Waals surface area contributed by atoms with Crippen molar-refractivity contribution >= 4 is 0 Å². The lowest BCUT2D eigenvalue weighted by Crippen LogP contribution is -2.08. The number of aryl methyl sites for hydroxylation is 2. The molecule has 0 atom stereocenters. The Bertz CT molecular complexity index is 949. The maximum atomic E-state index is 6.21. The largest absolute Gasteiger partial charge is 0.476 e. The van der Waals surface area contributed by atoms with E-state index in [0.29, 0.717) is 25.0 Å². The number of ether oxygens (including phenoxy) is 2. The van der Waals surface area contributed by atoms with Crippen molar-refractivity contribution in [2.75, 3.05) is 13.2 Å². The first-order chi connectivity index (χ1) is 16.7. The van der Waals surface area contributed by atoms with Crippen LogP contribution in [0.4, 0.5) is 0 Å². The van der Waals surface area contributed by atoms with Gasteiger partial charge in [0.2, 0.25) is 11.8 Å². The van der Waals surface area contributed by atoms with Gasteiger partial charge in [-0.2, -0.15) is 0 Å². The van der Waals surface area contributed by atoms with Gasteiger partial charge in [-0.15, -0.1) is 0 Å². The molecule has 0 bridgehead atoms. The number of unbranched alkanes of at least 4 members (excludes halogenated alkanes) is 2. The minimum atomic E-state index is 0.593. The smallest absolute Gasteiger partial charge is 0.241 e. The average Bonchev–Trinajstić information content (AvgIpc) is 2.88. The first kappa shape index (κ1) is 25.7. The Hall–Kier alpha value is -2.88. The van der Waals surface area contributed by atoms with Crippen LogP contribution in [0.5, 0.6) is 11.8 Å². The lowest BCUT2D eigenvalue weighted by Gasteiger charge is -2.18. The van der Waals surface area contributed by atoms with E-state index in [4.69, 9.17) is 19.4 Å². The number of aromatic nitrogens is 2. The van der Waals surface area contributed by atoms with Gasteiger partial charge >= 0.3 is 0 Å². The topological polar surface area (TPSA) is 44.2 Å². The summed E-state index contributed by atoms with van der Waals surface area (Å²) in [4.78, 5) is 10.2. The van der Waals surface area contributed by atoms with Crippen molar-refractivity contribution in [3.8, 4) is 34.3 Å². The second-order valence-electron chi connectivity index (χ2n) is 8.75. The minimum absolute atomic E-state index is 0.593. The number of hydrogen-bond donors (Lipinski definition) is 0. The average molecular weight is 461 g/mol. The second-order valence-corrected chi connectivity index (χ2v) is 8.75. The first-order valence-electron chi connectivity index (χ1n) is 13.1. The Morgan fingerprint density at radius 2 is 0.971 bits per heavy atom. The number of nitrogens with zero attached hydrogens (tertiary/aromatic N) is 2. The zero-order valence-corrected chi connectivity index (χ0v) is 21.4. The Labute approximate surface area is 205 Å². The van der Waals surface area contributed by atoms with Crippen LogP contribution in [0.15, 0.2) is 48.5 Å². The molecule has 0 unspecified atom stereocenters. The second kappa shape index (κ2) is 13.7. The highest BCUT2D eigenvalue weighted by molar-refractivity contribution is 5.75. The SMILES string of the molecule is CCCCc1ccccc1-c1nc(OCCC)c(-c2ccccc2CCCC)nc1OCCC. The molecule has 1 aromatic heterocycles. The molecule has 0 aliphatic carbocycles. The molecule has 0 aliphatic heterocycles. The summed E-state index contributed by atoms with van der Waals surface area (Å²) in [5, 5.41) is 0.